The number of hydrogen-bond acceptors (Lipinski definition) is 7. The molecule has 0 fully saturated rings. The van der Waals surface area contributed by atoms with Crippen molar-refractivity contribution in [3.63, 3.8) is 0 Å². The predicted octanol–water partition coefficient (Wildman–Crippen LogP) is 3.89. The summed E-state index contributed by atoms with van der Waals surface area (Å²) in [4.78, 5) is 38.4. The zero-order chi connectivity index (χ0) is 25.7. The van der Waals surface area contributed by atoms with Gasteiger partial charge in [0.1, 0.15) is 29.8 Å². The molecule has 8 nitrogen and oxygen atoms in total. The van der Waals surface area contributed by atoms with E-state index < -0.39 is 24.4 Å². The lowest BCUT2D eigenvalue weighted by molar-refractivity contribution is -0.141. The molecule has 4 rings (SSSR count). The number of carbonyl (C=O) groups excluding carboxylic acids is 3. The number of hydrogen-bond donors (Lipinski definition) is 1. The van der Waals surface area contributed by atoms with Gasteiger partial charge in [0, 0.05) is 11.1 Å². The van der Waals surface area contributed by atoms with Gasteiger partial charge in [-0.25, -0.2) is 4.79 Å². The average Bonchev–Trinajstić information content (AvgIpc) is 3.37. The van der Waals surface area contributed by atoms with Crippen LogP contribution in [0.4, 0.5) is 0 Å². The first-order valence-corrected chi connectivity index (χ1v) is 11.1. The van der Waals surface area contributed by atoms with E-state index in [2.05, 4.69) is 0 Å². The van der Waals surface area contributed by atoms with Crippen LogP contribution in [-0.4, -0.2) is 40.9 Å². The number of amides is 2. The molecule has 180 valence electrons. The lowest BCUT2D eigenvalue weighted by Crippen LogP contribution is -2.44. The van der Waals surface area contributed by atoms with Gasteiger partial charge >= 0.3 is 5.97 Å². The molecule has 1 aliphatic rings. The number of esters is 1. The van der Waals surface area contributed by atoms with Crippen molar-refractivity contribution in [1.82, 2.24) is 4.90 Å². The molecule has 2 amide bonds. The molecular formula is C28H22N2O6. The number of nitrogens with zero attached hydrogens (tertiary/aromatic N) is 2. The Hall–Kier alpha value is -4.74. The summed E-state index contributed by atoms with van der Waals surface area (Å²) in [5, 5.41) is 18.6. The van der Waals surface area contributed by atoms with Crippen molar-refractivity contribution in [2.75, 3.05) is 13.2 Å². The quantitative estimate of drug-likeness (QED) is 0.308. The summed E-state index contributed by atoms with van der Waals surface area (Å²) in [6, 6.07) is 21.3. The second-order valence-corrected chi connectivity index (χ2v) is 8.00. The molecule has 2 heterocycles. The number of furan rings is 1. The number of nitriles is 1. The molecule has 8 heteroatoms. The van der Waals surface area contributed by atoms with E-state index in [-0.39, 0.29) is 29.9 Å². The molecule has 0 spiro atoms. The van der Waals surface area contributed by atoms with Crippen LogP contribution in [0.15, 0.2) is 87.9 Å². The van der Waals surface area contributed by atoms with E-state index in [4.69, 9.17) is 9.15 Å². The maximum Gasteiger partial charge on any atom is 0.338 e. The van der Waals surface area contributed by atoms with E-state index in [1.165, 1.54) is 13.0 Å². The van der Waals surface area contributed by atoms with Gasteiger partial charge in [-0.2, -0.15) is 5.26 Å². The first-order chi connectivity index (χ1) is 17.4. The van der Waals surface area contributed by atoms with E-state index >= 15 is 0 Å². The van der Waals surface area contributed by atoms with Gasteiger partial charge in [-0.05, 0) is 48.4 Å². The highest BCUT2D eigenvalue weighted by Gasteiger charge is 2.35. The van der Waals surface area contributed by atoms with Crippen LogP contribution >= 0.6 is 0 Å². The highest BCUT2D eigenvalue weighted by atomic mass is 16.5. The molecule has 0 radical (unpaired) electrons. The topological polar surface area (TPSA) is 121 Å². The molecule has 0 atom stereocenters. The molecule has 0 unspecified atom stereocenters. The lowest BCUT2D eigenvalue weighted by atomic mass is 9.95. The molecule has 0 aliphatic carbocycles. The van der Waals surface area contributed by atoms with Gasteiger partial charge in [-0.15, -0.1) is 0 Å². The number of β-amino-alcohol motifs (C(OH)–C–C–N with tert-alkyl or cyclic N) is 1. The van der Waals surface area contributed by atoms with Crippen molar-refractivity contribution in [2.24, 2.45) is 0 Å². The number of ether oxygens (including phenoxy) is 1. The second kappa shape index (κ2) is 10.7. The van der Waals surface area contributed by atoms with E-state index in [1.54, 1.807) is 36.4 Å². The van der Waals surface area contributed by atoms with Crippen LogP contribution in [0.3, 0.4) is 0 Å². The molecule has 36 heavy (non-hydrogen) atoms. The summed E-state index contributed by atoms with van der Waals surface area (Å²) in [5.41, 5.74) is 2.23. The second-order valence-electron chi connectivity index (χ2n) is 8.00. The summed E-state index contributed by atoms with van der Waals surface area (Å²) in [6.07, 6.45) is 1.46. The molecule has 0 saturated heterocycles. The Morgan fingerprint density at radius 1 is 1.06 bits per heavy atom. The minimum Gasteiger partial charge on any atom is -0.457 e. The first-order valence-electron chi connectivity index (χ1n) is 11.1. The van der Waals surface area contributed by atoms with Crippen molar-refractivity contribution < 1.29 is 28.6 Å². The lowest BCUT2D eigenvalue weighted by Gasteiger charge is -2.26. The van der Waals surface area contributed by atoms with E-state index in [0.717, 1.165) is 10.5 Å². The Morgan fingerprint density at radius 2 is 1.78 bits per heavy atom. The van der Waals surface area contributed by atoms with Crippen molar-refractivity contribution in [3.05, 3.63) is 100 Å². The molecule has 1 aliphatic heterocycles. The van der Waals surface area contributed by atoms with Crippen LogP contribution in [0.2, 0.25) is 0 Å². The van der Waals surface area contributed by atoms with Gasteiger partial charge in [0.2, 0.25) is 0 Å². The third kappa shape index (κ3) is 5.02. The van der Waals surface area contributed by atoms with Crippen LogP contribution < -0.4 is 0 Å². The van der Waals surface area contributed by atoms with Crippen molar-refractivity contribution >= 4 is 23.9 Å². The van der Waals surface area contributed by atoms with E-state index in [0.29, 0.717) is 22.6 Å². The molecule has 1 aromatic heterocycles. The van der Waals surface area contributed by atoms with E-state index in [1.807, 2.05) is 36.4 Å². The summed E-state index contributed by atoms with van der Waals surface area (Å²) in [5.74, 6) is -0.936. The zero-order valence-electron chi connectivity index (χ0n) is 19.4. The Balaban J connectivity index is 1.52. The Labute approximate surface area is 207 Å². The number of imide groups is 1. The van der Waals surface area contributed by atoms with Gasteiger partial charge in [-0.1, -0.05) is 42.5 Å². The zero-order valence-corrected chi connectivity index (χ0v) is 19.4. The van der Waals surface area contributed by atoms with E-state index in [9.17, 15) is 24.8 Å². The van der Waals surface area contributed by atoms with Crippen molar-refractivity contribution in [2.45, 2.75) is 13.5 Å². The minimum atomic E-state index is -0.728. The smallest absolute Gasteiger partial charge is 0.338 e. The fourth-order valence-electron chi connectivity index (χ4n) is 3.74. The highest BCUT2D eigenvalue weighted by molar-refractivity contribution is 6.19. The predicted molar refractivity (Wildman–Crippen MR) is 130 cm³/mol. The normalized spacial score (nSPS) is 14.8. The number of benzene rings is 2. The fraction of sp³-hybridized carbons (Fsp3) is 0.143. The van der Waals surface area contributed by atoms with Crippen LogP contribution in [0.1, 0.15) is 28.6 Å². The summed E-state index contributed by atoms with van der Waals surface area (Å²) >= 11 is 0. The van der Waals surface area contributed by atoms with Crippen LogP contribution in [0, 0.1) is 11.3 Å². The van der Waals surface area contributed by atoms with Crippen LogP contribution in [0.25, 0.3) is 17.4 Å². The summed E-state index contributed by atoms with van der Waals surface area (Å²) in [6.45, 7) is 1.08. The average molecular weight is 482 g/mol. The Morgan fingerprint density at radius 3 is 2.44 bits per heavy atom. The van der Waals surface area contributed by atoms with Crippen LogP contribution in [0.5, 0.6) is 0 Å². The maximum absolute atomic E-state index is 12.8. The molecule has 0 bridgehead atoms. The largest absolute Gasteiger partial charge is 0.457 e. The number of carbonyl (C=O) groups is 3. The first kappa shape index (κ1) is 24.4. The maximum atomic E-state index is 12.8. The number of aliphatic hydroxyl groups is 1. The number of rotatable bonds is 7. The van der Waals surface area contributed by atoms with Gasteiger partial charge in [0.25, 0.3) is 11.8 Å². The van der Waals surface area contributed by atoms with Crippen molar-refractivity contribution in [3.8, 4) is 17.4 Å². The summed E-state index contributed by atoms with van der Waals surface area (Å²) < 4.78 is 11.2. The van der Waals surface area contributed by atoms with Gasteiger partial charge in [0.15, 0.2) is 0 Å². The number of aliphatic hydroxyl groups excluding tert-OH is 1. The summed E-state index contributed by atoms with van der Waals surface area (Å²) in [7, 11) is 0. The molecule has 3 aromatic rings. The third-order valence-corrected chi connectivity index (χ3v) is 5.68. The monoisotopic (exact) mass is 482 g/mol. The molecule has 0 saturated carbocycles. The Bertz CT molecular complexity index is 1410. The van der Waals surface area contributed by atoms with Crippen LogP contribution in [-0.2, 0) is 20.9 Å². The molecule has 1 N–H and O–H groups in total. The third-order valence-electron chi connectivity index (χ3n) is 5.68. The SMILES string of the molecule is CC1=C(C#N)C(=O)N(CCO)C(=O)/C1=C\c1ccc(-c2ccc(C(=O)OCc3ccccc3)cc2)o1. The van der Waals surface area contributed by atoms with Crippen molar-refractivity contribution in [1.29, 1.82) is 5.26 Å². The molecular weight excluding hydrogens is 460 g/mol. The Kier molecular flexibility index (Phi) is 7.23. The van der Waals surface area contributed by atoms with Gasteiger partial charge in [0.05, 0.1) is 18.7 Å². The van der Waals surface area contributed by atoms with Gasteiger partial charge in [-0.3, -0.25) is 14.5 Å². The van der Waals surface area contributed by atoms with Gasteiger partial charge < -0.3 is 14.3 Å². The fourth-order valence-corrected chi connectivity index (χ4v) is 3.74. The highest BCUT2D eigenvalue weighted by Crippen LogP contribution is 2.29. The standard InChI is InChI=1S/C28H22N2O6/c1-18-23(26(32)30(13-14-31)27(33)24(18)16-29)15-22-11-12-25(36-22)20-7-9-21(10-8-20)28(34)35-17-19-5-3-2-4-6-19/h2-12,15,31H,13-14,17H2,1H3/b23-15-. The molecule has 2 aromatic carbocycles. The minimum absolute atomic E-state index is 0.136.